The van der Waals surface area contributed by atoms with Crippen LogP contribution in [-0.4, -0.2) is 29.3 Å². The number of nitrogens with zero attached hydrogens (tertiary/aromatic N) is 1. The van der Waals surface area contributed by atoms with Gasteiger partial charge in [0.15, 0.2) is 4.86 Å². The largest absolute Gasteiger partial charge is 0.481 e. The molecular weight excluding hydrogens is 226 g/mol. The molecule has 0 aromatic heterocycles. The first kappa shape index (κ1) is 11.1. The Morgan fingerprint density at radius 1 is 1.53 bits per heavy atom. The number of carboxylic acid groups (broad SMARTS) is 1. The Morgan fingerprint density at radius 3 is 2.53 bits per heavy atom. The van der Waals surface area contributed by atoms with Gasteiger partial charge in [-0.15, -0.1) is 0 Å². The van der Waals surface area contributed by atoms with Crippen LogP contribution in [0.15, 0.2) is 23.9 Å². The highest BCUT2D eigenvalue weighted by Crippen LogP contribution is 2.16. The maximum absolute atomic E-state index is 10.7. The van der Waals surface area contributed by atoms with Crippen molar-refractivity contribution in [2.75, 3.05) is 0 Å². The van der Waals surface area contributed by atoms with Crippen molar-refractivity contribution in [2.24, 2.45) is 5.92 Å². The molecule has 0 amide bonds. The van der Waals surface area contributed by atoms with Crippen molar-refractivity contribution in [3.8, 4) is 0 Å². The SMILES string of the molecule is O=C(O)C1C=CC=C([N+](=O)[O-])C1=S(=O)=O. The highest BCUT2D eigenvalue weighted by molar-refractivity contribution is 7.73. The minimum Gasteiger partial charge on any atom is -0.481 e. The smallest absolute Gasteiger partial charge is 0.316 e. The molecule has 1 aliphatic rings. The summed E-state index contributed by atoms with van der Waals surface area (Å²) in [6.45, 7) is 0. The minimum absolute atomic E-state index is 0.710. The van der Waals surface area contributed by atoms with Gasteiger partial charge in [-0.25, -0.2) is 0 Å². The zero-order valence-corrected chi connectivity index (χ0v) is 7.97. The molecule has 0 saturated carbocycles. The van der Waals surface area contributed by atoms with E-state index in [9.17, 15) is 23.3 Å². The van der Waals surface area contributed by atoms with E-state index < -0.39 is 37.7 Å². The number of rotatable bonds is 2. The van der Waals surface area contributed by atoms with E-state index in [0.29, 0.717) is 0 Å². The fourth-order valence-corrected chi connectivity index (χ4v) is 1.82. The van der Waals surface area contributed by atoms with E-state index in [1.54, 1.807) is 0 Å². The van der Waals surface area contributed by atoms with Crippen LogP contribution in [-0.2, 0) is 15.1 Å². The predicted molar refractivity (Wildman–Crippen MR) is 49.3 cm³/mol. The van der Waals surface area contributed by atoms with Gasteiger partial charge in [-0.1, -0.05) is 12.2 Å². The summed E-state index contributed by atoms with van der Waals surface area (Å²) in [6, 6.07) is 0. The van der Waals surface area contributed by atoms with Gasteiger partial charge in [0.25, 0.3) is 5.70 Å². The minimum atomic E-state index is -2.93. The molecule has 1 aliphatic carbocycles. The number of carboxylic acids is 1. The summed E-state index contributed by atoms with van der Waals surface area (Å²) in [5.41, 5.74) is -0.710. The standard InChI is InChI=1S/C7H5NO6S/c9-7(10)4-2-1-3-5(8(11)12)6(4)15(13)14/h1-4H,(H,9,10). The van der Waals surface area contributed by atoms with Gasteiger partial charge in [0.1, 0.15) is 5.92 Å². The van der Waals surface area contributed by atoms with Gasteiger partial charge in [-0.2, -0.15) is 8.42 Å². The molecule has 0 bridgehead atoms. The fraction of sp³-hybridized carbons (Fsp3) is 0.143. The first-order valence-corrected chi connectivity index (χ1v) is 4.74. The van der Waals surface area contributed by atoms with Crippen molar-refractivity contribution in [2.45, 2.75) is 0 Å². The molecule has 1 unspecified atom stereocenters. The third-order valence-electron chi connectivity index (χ3n) is 1.73. The molecule has 0 aliphatic heterocycles. The maximum atomic E-state index is 10.7. The molecule has 0 heterocycles. The molecule has 1 rings (SSSR count). The van der Waals surface area contributed by atoms with Crippen molar-refractivity contribution >= 4 is 21.1 Å². The lowest BCUT2D eigenvalue weighted by atomic mass is 9.98. The average molecular weight is 231 g/mol. The lowest BCUT2D eigenvalue weighted by Crippen LogP contribution is -2.28. The van der Waals surface area contributed by atoms with Gasteiger partial charge in [-0.05, 0) is 0 Å². The van der Waals surface area contributed by atoms with Gasteiger partial charge in [0.2, 0.25) is 10.3 Å². The van der Waals surface area contributed by atoms with Crippen molar-refractivity contribution in [3.05, 3.63) is 34.0 Å². The molecule has 0 aromatic carbocycles. The molecule has 15 heavy (non-hydrogen) atoms. The van der Waals surface area contributed by atoms with Crippen LogP contribution in [0.2, 0.25) is 0 Å². The molecule has 8 heteroatoms. The summed E-state index contributed by atoms with van der Waals surface area (Å²) in [7, 11) is -2.93. The third-order valence-corrected chi connectivity index (χ3v) is 2.56. The number of aliphatic carboxylic acids is 1. The van der Waals surface area contributed by atoms with Gasteiger partial charge >= 0.3 is 5.97 Å². The van der Waals surface area contributed by atoms with Gasteiger partial charge < -0.3 is 5.11 Å². The highest BCUT2D eigenvalue weighted by Gasteiger charge is 2.34. The summed E-state index contributed by atoms with van der Waals surface area (Å²) in [5, 5.41) is 19.1. The maximum Gasteiger partial charge on any atom is 0.316 e. The second kappa shape index (κ2) is 4.05. The molecule has 80 valence electrons. The van der Waals surface area contributed by atoms with Gasteiger partial charge in [-0.3, -0.25) is 14.9 Å². The molecule has 0 radical (unpaired) electrons. The van der Waals surface area contributed by atoms with E-state index in [4.69, 9.17) is 5.11 Å². The van der Waals surface area contributed by atoms with E-state index in [2.05, 4.69) is 0 Å². The first-order chi connectivity index (χ1) is 6.95. The van der Waals surface area contributed by atoms with Crippen molar-refractivity contribution in [3.63, 3.8) is 0 Å². The van der Waals surface area contributed by atoms with Gasteiger partial charge in [0, 0.05) is 6.08 Å². The van der Waals surface area contributed by atoms with Crippen LogP contribution in [0.25, 0.3) is 0 Å². The van der Waals surface area contributed by atoms with Gasteiger partial charge in [0.05, 0.1) is 4.92 Å². The lowest BCUT2D eigenvalue weighted by Gasteiger charge is -2.09. The van der Waals surface area contributed by atoms with E-state index in [-0.39, 0.29) is 0 Å². The highest BCUT2D eigenvalue weighted by atomic mass is 32.2. The van der Waals surface area contributed by atoms with Crippen LogP contribution < -0.4 is 0 Å². The Hall–Kier alpha value is -1.96. The Kier molecular flexibility index (Phi) is 3.00. The molecule has 1 N–H and O–H groups in total. The quantitative estimate of drug-likeness (QED) is 0.388. The van der Waals surface area contributed by atoms with Crippen LogP contribution >= 0.6 is 0 Å². The summed E-state index contributed by atoms with van der Waals surface area (Å²) in [6.07, 6.45) is 3.16. The predicted octanol–water partition coefficient (Wildman–Crippen LogP) is -0.531. The Morgan fingerprint density at radius 2 is 2.13 bits per heavy atom. The monoisotopic (exact) mass is 231 g/mol. The first-order valence-electron chi connectivity index (χ1n) is 3.67. The second-order valence-corrected chi connectivity index (χ2v) is 3.52. The number of carbonyl (C=O) groups is 1. The van der Waals surface area contributed by atoms with E-state index >= 15 is 0 Å². The Bertz CT molecular complexity index is 504. The van der Waals surface area contributed by atoms with Crippen LogP contribution in [0.3, 0.4) is 0 Å². The third kappa shape index (κ3) is 2.10. The number of nitro groups is 1. The van der Waals surface area contributed by atoms with Crippen molar-refractivity contribution in [1.82, 2.24) is 0 Å². The number of allylic oxidation sites excluding steroid dienone is 3. The van der Waals surface area contributed by atoms with E-state index in [1.807, 2.05) is 0 Å². The summed E-state index contributed by atoms with van der Waals surface area (Å²) >= 11 is 0. The summed E-state index contributed by atoms with van der Waals surface area (Å²) in [5.74, 6) is -2.94. The fourth-order valence-electron chi connectivity index (χ4n) is 1.12. The summed E-state index contributed by atoms with van der Waals surface area (Å²) in [4.78, 5) is 19.4. The van der Waals surface area contributed by atoms with Crippen LogP contribution in [0.5, 0.6) is 0 Å². The number of hydrogen-bond acceptors (Lipinski definition) is 5. The Labute approximate surface area is 85.0 Å². The zero-order chi connectivity index (χ0) is 11.6. The zero-order valence-electron chi connectivity index (χ0n) is 7.15. The normalized spacial score (nSPS) is 19.6. The van der Waals surface area contributed by atoms with E-state index in [0.717, 1.165) is 18.2 Å². The van der Waals surface area contributed by atoms with E-state index in [1.165, 1.54) is 0 Å². The molecule has 0 fully saturated rings. The molecule has 0 spiro atoms. The molecule has 7 nitrogen and oxygen atoms in total. The second-order valence-electron chi connectivity index (χ2n) is 2.61. The van der Waals surface area contributed by atoms with Crippen LogP contribution in [0, 0.1) is 16.0 Å². The molecule has 0 saturated heterocycles. The Balaban J connectivity index is 3.41. The lowest BCUT2D eigenvalue weighted by molar-refractivity contribution is -0.415. The molecule has 0 aromatic rings. The van der Waals surface area contributed by atoms with Crippen molar-refractivity contribution in [1.29, 1.82) is 0 Å². The molecular formula is C7H5NO6S. The van der Waals surface area contributed by atoms with Crippen LogP contribution in [0.1, 0.15) is 0 Å². The summed E-state index contributed by atoms with van der Waals surface area (Å²) < 4.78 is 21.4. The van der Waals surface area contributed by atoms with Crippen LogP contribution in [0.4, 0.5) is 0 Å². The van der Waals surface area contributed by atoms with Crippen molar-refractivity contribution < 1.29 is 23.2 Å². The average Bonchev–Trinajstić information content (AvgIpc) is 2.16. The number of hydrogen-bond donors (Lipinski definition) is 1. The topological polar surface area (TPSA) is 115 Å². The molecule has 1 atom stereocenters.